The van der Waals surface area contributed by atoms with Gasteiger partial charge in [-0.2, -0.15) is 0 Å². The molecule has 12 aromatic rings. The van der Waals surface area contributed by atoms with Crippen molar-refractivity contribution in [2.24, 2.45) is 5.73 Å². The van der Waals surface area contributed by atoms with Crippen molar-refractivity contribution in [3.05, 3.63) is 247 Å². The lowest BCUT2D eigenvalue weighted by Crippen LogP contribution is -2.23. The largest absolute Gasteiger partial charge is 0.475 e. The molecule has 0 aliphatic carbocycles. The zero-order valence-electron chi connectivity index (χ0n) is 47.9. The maximum Gasteiger partial charge on any atom is 0.373 e. The molecule has 0 aliphatic heterocycles. The summed E-state index contributed by atoms with van der Waals surface area (Å²) in [5.41, 5.74) is 32.9. The summed E-state index contributed by atoms with van der Waals surface area (Å²) in [5, 5.41) is 18.9. The summed E-state index contributed by atoms with van der Waals surface area (Å²) < 4.78 is 16.4. The van der Waals surface area contributed by atoms with E-state index in [4.69, 9.17) is 76.1 Å². The summed E-state index contributed by atoms with van der Waals surface area (Å²) in [6.45, 7) is 6.77. The molecular formula is C63H57Cl4N15O7. The Morgan fingerprint density at radius 3 is 1.09 bits per heavy atom. The molecular weight excluding hydrogens is 1220 g/mol. The Morgan fingerprint density at radius 1 is 0.449 bits per heavy atom. The van der Waals surface area contributed by atoms with Crippen LogP contribution in [0.2, 0.25) is 15.1 Å². The van der Waals surface area contributed by atoms with E-state index in [1.165, 1.54) is 18.6 Å². The minimum absolute atomic E-state index is 0. The first-order valence-corrected chi connectivity index (χ1v) is 28.1. The normalized spacial score (nSPS) is 10.7. The van der Waals surface area contributed by atoms with Crippen molar-refractivity contribution < 1.29 is 32.7 Å². The van der Waals surface area contributed by atoms with Gasteiger partial charge in [0.1, 0.15) is 17.5 Å². The van der Waals surface area contributed by atoms with E-state index < -0.39 is 5.97 Å². The Bertz CT molecular complexity index is 4310. The molecule has 454 valence electrons. The molecule has 0 saturated carbocycles. The van der Waals surface area contributed by atoms with Gasteiger partial charge in [-0.25, -0.2) is 34.7 Å². The highest BCUT2D eigenvalue weighted by Crippen LogP contribution is 2.24. The summed E-state index contributed by atoms with van der Waals surface area (Å²) in [6, 6.07) is 33.7. The first-order valence-electron chi connectivity index (χ1n) is 26.9. The first-order chi connectivity index (χ1) is 42.3. The van der Waals surface area contributed by atoms with E-state index in [0.29, 0.717) is 89.1 Å². The Labute approximate surface area is 529 Å². The standard InChI is InChI=1S/2C21H18ClN5O2.C14H9ClN2O3.C7H11N3.ClH/c2*1-12-14(3-5-19(23)27-12)9-26-21(28)18-11-25-20(29-18)7-13-2-4-17-15(6-13)8-16(22)10-24-17;15-10-5-9-3-8(1-2-11(9)16-6-10)4-13-17-7-12(20-13)14(18)19;1-5-6(4-8)2-3-7(9)10-5;/h2*2-6,8,10-11H,7,9H2,1H3,(H2,23,27)(H,26,28);1-3,5-7H,4H2,(H,18,19);2-3H,4,8H2,1H3,(H2,9,10);1H. The minimum Gasteiger partial charge on any atom is -0.475 e. The molecule has 0 fully saturated rings. The fourth-order valence-electron chi connectivity index (χ4n) is 8.74. The molecule has 11 N–H and O–H groups in total. The summed E-state index contributed by atoms with van der Waals surface area (Å²) in [6.07, 6.45) is 10.2. The number of hydrogen-bond donors (Lipinski definition) is 7. The van der Waals surface area contributed by atoms with Crippen molar-refractivity contribution in [3.63, 3.8) is 0 Å². The summed E-state index contributed by atoms with van der Waals surface area (Å²) in [4.78, 5) is 73.0. The van der Waals surface area contributed by atoms with E-state index in [2.05, 4.69) is 55.5 Å². The topological polar surface area (TPSA) is 355 Å². The molecule has 22 nitrogen and oxygen atoms in total. The van der Waals surface area contributed by atoms with Gasteiger partial charge < -0.3 is 51.9 Å². The molecule has 0 aliphatic rings. The number of amides is 2. The molecule has 89 heavy (non-hydrogen) atoms. The lowest BCUT2D eigenvalue weighted by Gasteiger charge is -2.06. The number of aromatic carboxylic acids is 1. The molecule has 2 amide bonds. The lowest BCUT2D eigenvalue weighted by molar-refractivity contribution is 0.0660. The Morgan fingerprint density at radius 2 is 0.775 bits per heavy atom. The van der Waals surface area contributed by atoms with E-state index in [1.54, 1.807) is 36.8 Å². The predicted molar refractivity (Wildman–Crippen MR) is 343 cm³/mol. The second-order valence-corrected chi connectivity index (χ2v) is 21.1. The number of oxazole rings is 3. The highest BCUT2D eigenvalue weighted by Gasteiger charge is 2.17. The van der Waals surface area contributed by atoms with E-state index in [1.807, 2.05) is 112 Å². The third-order valence-electron chi connectivity index (χ3n) is 13.3. The molecule has 26 heteroatoms. The number of aryl methyl sites for hydroxylation is 3. The van der Waals surface area contributed by atoms with Gasteiger partial charge in [-0.1, -0.05) is 71.2 Å². The van der Waals surface area contributed by atoms with Crippen molar-refractivity contribution >= 4 is 115 Å². The van der Waals surface area contributed by atoms with Gasteiger partial charge in [-0.3, -0.25) is 24.5 Å². The number of nitrogens with one attached hydrogen (secondary N) is 2. The summed E-state index contributed by atoms with van der Waals surface area (Å²) >= 11 is 17.9. The molecule has 0 saturated heterocycles. The average Bonchev–Trinajstić information content (AvgIpc) is 2.89. The van der Waals surface area contributed by atoms with Gasteiger partial charge in [0, 0.05) is 90.7 Å². The van der Waals surface area contributed by atoms with Crippen LogP contribution in [0.1, 0.15) is 99.8 Å². The van der Waals surface area contributed by atoms with Gasteiger partial charge in [0.05, 0.1) is 50.2 Å². The molecule has 0 bridgehead atoms. The number of halogens is 4. The third kappa shape index (κ3) is 18.0. The molecule has 9 aromatic heterocycles. The van der Waals surface area contributed by atoms with Crippen LogP contribution >= 0.6 is 47.2 Å². The number of fused-ring (bicyclic) bond motifs is 3. The van der Waals surface area contributed by atoms with E-state index >= 15 is 0 Å². The maximum absolute atomic E-state index is 12.4. The van der Waals surface area contributed by atoms with Gasteiger partial charge in [-0.15, -0.1) is 12.4 Å². The van der Waals surface area contributed by atoms with Crippen LogP contribution in [0.5, 0.6) is 0 Å². The fraction of sp³-hybridized carbons (Fsp3) is 0.143. The van der Waals surface area contributed by atoms with Crippen molar-refractivity contribution in [1.82, 2.24) is 55.5 Å². The highest BCUT2D eigenvalue weighted by molar-refractivity contribution is 6.31. The monoisotopic (exact) mass is 1280 g/mol. The highest BCUT2D eigenvalue weighted by atomic mass is 35.5. The van der Waals surface area contributed by atoms with Crippen molar-refractivity contribution in [2.45, 2.75) is 59.7 Å². The van der Waals surface area contributed by atoms with Crippen LogP contribution in [-0.2, 0) is 38.9 Å². The number of nitrogens with zero attached hydrogens (tertiary/aromatic N) is 9. The zero-order chi connectivity index (χ0) is 62.4. The van der Waals surface area contributed by atoms with Crippen LogP contribution in [0.25, 0.3) is 32.7 Å². The molecule has 0 radical (unpaired) electrons. The molecule has 0 atom stereocenters. The minimum atomic E-state index is -1.13. The molecule has 0 spiro atoms. The fourth-order valence-corrected chi connectivity index (χ4v) is 9.24. The van der Waals surface area contributed by atoms with Crippen LogP contribution in [0.15, 0.2) is 160 Å². The van der Waals surface area contributed by atoms with Gasteiger partial charge in [-0.05, 0) is 127 Å². The molecule has 0 unspecified atom stereocenters. The van der Waals surface area contributed by atoms with E-state index in [0.717, 1.165) is 83.2 Å². The second-order valence-electron chi connectivity index (χ2n) is 19.7. The Hall–Kier alpha value is -10.1. The molecule has 9 heterocycles. The predicted octanol–water partition coefficient (Wildman–Crippen LogP) is 11.4. The summed E-state index contributed by atoms with van der Waals surface area (Å²) in [7, 11) is 0. The van der Waals surface area contributed by atoms with Gasteiger partial charge >= 0.3 is 5.97 Å². The number of anilines is 3. The second kappa shape index (κ2) is 30.0. The number of aromatic nitrogens is 9. The number of carbonyl (C=O) groups is 3. The van der Waals surface area contributed by atoms with Crippen molar-refractivity contribution in [1.29, 1.82) is 0 Å². The number of hydrogen-bond acceptors (Lipinski definition) is 19. The molecule has 12 rings (SSSR count). The number of benzene rings is 3. The number of carboxylic acid groups (broad SMARTS) is 1. The van der Waals surface area contributed by atoms with Gasteiger partial charge in [0.15, 0.2) is 17.7 Å². The molecule has 3 aromatic carbocycles. The third-order valence-corrected chi connectivity index (χ3v) is 13.9. The Kier molecular flexibility index (Phi) is 21.9. The number of carboxylic acids is 1. The van der Waals surface area contributed by atoms with Gasteiger partial charge in [0.2, 0.25) is 17.3 Å². The summed E-state index contributed by atoms with van der Waals surface area (Å²) in [5.74, 6) is 1.07. The average molecular weight is 1280 g/mol. The van der Waals surface area contributed by atoms with Crippen LogP contribution in [0, 0.1) is 20.8 Å². The van der Waals surface area contributed by atoms with E-state index in [9.17, 15) is 14.4 Å². The smallest absolute Gasteiger partial charge is 0.373 e. The Balaban J connectivity index is 0.000000161. The van der Waals surface area contributed by atoms with Crippen LogP contribution < -0.4 is 33.6 Å². The zero-order valence-corrected chi connectivity index (χ0v) is 51.0. The van der Waals surface area contributed by atoms with Crippen LogP contribution in [-0.4, -0.2) is 67.7 Å². The number of pyridine rings is 6. The quantitative estimate of drug-likeness (QED) is 0.0532. The number of rotatable bonds is 14. The van der Waals surface area contributed by atoms with Gasteiger partial charge in [0.25, 0.3) is 11.8 Å². The number of carbonyl (C=O) groups excluding carboxylic acids is 2. The number of nitrogen functional groups attached to an aromatic ring is 3. The van der Waals surface area contributed by atoms with E-state index in [-0.39, 0.29) is 41.5 Å². The lowest BCUT2D eigenvalue weighted by atomic mass is 10.1. The van der Waals surface area contributed by atoms with Crippen LogP contribution in [0.3, 0.4) is 0 Å². The van der Waals surface area contributed by atoms with Crippen LogP contribution in [0.4, 0.5) is 17.5 Å². The maximum atomic E-state index is 12.4. The van der Waals surface area contributed by atoms with Crippen molar-refractivity contribution in [3.8, 4) is 0 Å². The van der Waals surface area contributed by atoms with Crippen molar-refractivity contribution in [2.75, 3.05) is 17.2 Å². The number of nitrogens with two attached hydrogens (primary N) is 4. The SMILES string of the molecule is Cc1nc(N)ccc1CN.Cc1nc(N)ccc1CNC(=O)c1cnc(Cc2ccc3ncc(Cl)cc3c2)o1.Cc1nc(N)ccc1CNC(=O)c1cnc(Cc2ccc3ncc(Cl)cc3c2)o1.Cl.O=C(O)c1cnc(Cc2ccc3ncc(Cl)cc3c2)o1. The first kappa shape index (κ1) is 64.9.